The van der Waals surface area contributed by atoms with Crippen LogP contribution in [0.15, 0.2) is 34.8 Å². The number of benzene rings is 1. The summed E-state index contributed by atoms with van der Waals surface area (Å²) in [6.07, 6.45) is 0. The number of amides is 1. The van der Waals surface area contributed by atoms with Crippen molar-refractivity contribution in [1.29, 1.82) is 0 Å². The van der Waals surface area contributed by atoms with Crippen LogP contribution in [0.25, 0.3) is 5.69 Å². The van der Waals surface area contributed by atoms with Crippen LogP contribution < -0.4 is 5.32 Å². The zero-order valence-electron chi connectivity index (χ0n) is 14.0. The number of ether oxygens (including phenoxy) is 1. The molecule has 0 saturated heterocycles. The van der Waals surface area contributed by atoms with Gasteiger partial charge in [-0.15, -0.1) is 16.4 Å². The molecule has 0 fully saturated rings. The predicted molar refractivity (Wildman–Crippen MR) is 96.5 cm³/mol. The number of thiazole rings is 1. The van der Waals surface area contributed by atoms with E-state index in [0.717, 1.165) is 23.1 Å². The molecular formula is C15H13FN6O3S2. The van der Waals surface area contributed by atoms with Gasteiger partial charge in [-0.2, -0.15) is 4.68 Å². The van der Waals surface area contributed by atoms with E-state index in [1.807, 2.05) is 0 Å². The average Bonchev–Trinajstić information content (AvgIpc) is 3.30. The van der Waals surface area contributed by atoms with E-state index in [-0.39, 0.29) is 39.9 Å². The lowest BCUT2D eigenvalue weighted by molar-refractivity contribution is -0.113. The summed E-state index contributed by atoms with van der Waals surface area (Å²) in [5, 5.41) is 15.7. The molecule has 2 heterocycles. The molecule has 140 valence electrons. The van der Waals surface area contributed by atoms with Gasteiger partial charge in [0.15, 0.2) is 10.8 Å². The van der Waals surface area contributed by atoms with Gasteiger partial charge < -0.3 is 10.1 Å². The quantitative estimate of drug-likeness (QED) is 0.468. The third-order valence-electron chi connectivity index (χ3n) is 3.09. The number of nitrogens with one attached hydrogen (secondary N) is 1. The first kappa shape index (κ1) is 18.9. The molecule has 0 aliphatic rings. The first-order valence-electron chi connectivity index (χ1n) is 7.67. The molecule has 1 N–H and O–H groups in total. The summed E-state index contributed by atoms with van der Waals surface area (Å²) in [5.41, 5.74) is 0.317. The molecule has 1 amide bonds. The van der Waals surface area contributed by atoms with E-state index in [1.54, 1.807) is 19.1 Å². The fraction of sp³-hybridized carbons (Fsp3) is 0.200. The Morgan fingerprint density at radius 1 is 1.37 bits per heavy atom. The number of esters is 1. The van der Waals surface area contributed by atoms with Crippen LogP contribution in [-0.4, -0.2) is 49.4 Å². The highest BCUT2D eigenvalue weighted by molar-refractivity contribution is 7.99. The minimum absolute atomic E-state index is 0.0247. The van der Waals surface area contributed by atoms with Crippen molar-refractivity contribution in [3.63, 3.8) is 0 Å². The third-order valence-corrected chi connectivity index (χ3v) is 4.77. The second-order valence-corrected chi connectivity index (χ2v) is 6.72. The van der Waals surface area contributed by atoms with Gasteiger partial charge in [-0.25, -0.2) is 14.2 Å². The van der Waals surface area contributed by atoms with Gasteiger partial charge >= 0.3 is 5.97 Å². The van der Waals surface area contributed by atoms with Crippen molar-refractivity contribution >= 4 is 40.1 Å². The number of hydrogen-bond acceptors (Lipinski definition) is 9. The van der Waals surface area contributed by atoms with Crippen LogP contribution in [0.1, 0.15) is 17.4 Å². The van der Waals surface area contributed by atoms with E-state index >= 15 is 0 Å². The third kappa shape index (κ3) is 4.65. The number of nitrogens with zero attached hydrogens (tertiary/aromatic N) is 5. The Labute approximate surface area is 160 Å². The maximum Gasteiger partial charge on any atom is 0.357 e. The van der Waals surface area contributed by atoms with Gasteiger partial charge in [-0.1, -0.05) is 23.9 Å². The zero-order chi connectivity index (χ0) is 19.2. The SMILES string of the molecule is CCOC(=O)c1csc(NC(=O)CSc2nnnn2-c2ccccc2F)n1. The number of aromatic nitrogens is 5. The summed E-state index contributed by atoms with van der Waals surface area (Å²) in [6, 6.07) is 6.04. The molecule has 0 unspecified atom stereocenters. The van der Waals surface area contributed by atoms with Gasteiger partial charge in [0.05, 0.1) is 12.4 Å². The lowest BCUT2D eigenvalue weighted by Crippen LogP contribution is -2.15. The van der Waals surface area contributed by atoms with Crippen LogP contribution in [-0.2, 0) is 9.53 Å². The van der Waals surface area contributed by atoms with Crippen LogP contribution in [0.2, 0.25) is 0 Å². The fourth-order valence-electron chi connectivity index (χ4n) is 1.96. The van der Waals surface area contributed by atoms with E-state index in [9.17, 15) is 14.0 Å². The Morgan fingerprint density at radius 3 is 2.96 bits per heavy atom. The van der Waals surface area contributed by atoms with Gasteiger partial charge in [0.1, 0.15) is 11.5 Å². The highest BCUT2D eigenvalue weighted by Gasteiger charge is 2.16. The molecule has 12 heteroatoms. The molecule has 0 aliphatic carbocycles. The van der Waals surface area contributed by atoms with Crippen molar-refractivity contribution in [3.05, 3.63) is 41.2 Å². The van der Waals surface area contributed by atoms with Crippen LogP contribution in [0.4, 0.5) is 9.52 Å². The van der Waals surface area contributed by atoms with E-state index < -0.39 is 11.8 Å². The predicted octanol–water partition coefficient (Wildman–Crippen LogP) is 2.17. The van der Waals surface area contributed by atoms with Crippen molar-refractivity contribution in [2.45, 2.75) is 12.1 Å². The molecule has 0 spiro atoms. The summed E-state index contributed by atoms with van der Waals surface area (Å²) in [4.78, 5) is 27.7. The van der Waals surface area contributed by atoms with Crippen LogP contribution in [0.5, 0.6) is 0 Å². The summed E-state index contributed by atoms with van der Waals surface area (Å²) >= 11 is 2.15. The van der Waals surface area contributed by atoms with Gasteiger partial charge in [0.2, 0.25) is 11.1 Å². The highest BCUT2D eigenvalue weighted by Crippen LogP contribution is 2.21. The molecule has 1 aromatic carbocycles. The Balaban J connectivity index is 1.60. The normalized spacial score (nSPS) is 10.6. The van der Waals surface area contributed by atoms with E-state index in [0.29, 0.717) is 0 Å². The summed E-state index contributed by atoms with van der Waals surface area (Å²) in [6.45, 7) is 1.94. The van der Waals surface area contributed by atoms with Crippen molar-refractivity contribution in [2.24, 2.45) is 0 Å². The zero-order valence-corrected chi connectivity index (χ0v) is 15.6. The van der Waals surface area contributed by atoms with E-state index in [1.165, 1.54) is 22.2 Å². The van der Waals surface area contributed by atoms with Crippen LogP contribution in [0.3, 0.4) is 0 Å². The molecule has 0 aliphatic heterocycles. The molecule has 27 heavy (non-hydrogen) atoms. The second-order valence-electron chi connectivity index (χ2n) is 4.92. The summed E-state index contributed by atoms with van der Waals surface area (Å²) < 4.78 is 20.0. The number of tetrazole rings is 1. The number of hydrogen-bond donors (Lipinski definition) is 1. The maximum atomic E-state index is 13.9. The monoisotopic (exact) mass is 408 g/mol. The number of anilines is 1. The number of carbonyl (C=O) groups excluding carboxylic acids is 2. The molecule has 3 rings (SSSR count). The molecule has 2 aromatic heterocycles. The number of thioether (sulfide) groups is 1. The number of rotatable bonds is 7. The minimum Gasteiger partial charge on any atom is -0.461 e. The Hall–Kier alpha value is -2.86. The van der Waals surface area contributed by atoms with Gasteiger partial charge in [0, 0.05) is 5.38 Å². The average molecular weight is 408 g/mol. The molecule has 0 saturated carbocycles. The second kappa shape index (κ2) is 8.68. The van der Waals surface area contributed by atoms with Gasteiger partial charge in [-0.3, -0.25) is 4.79 Å². The van der Waals surface area contributed by atoms with Crippen LogP contribution >= 0.6 is 23.1 Å². The van der Waals surface area contributed by atoms with E-state index in [4.69, 9.17) is 4.74 Å². The van der Waals surface area contributed by atoms with Crippen molar-refractivity contribution in [2.75, 3.05) is 17.7 Å². The van der Waals surface area contributed by atoms with Gasteiger partial charge in [0.25, 0.3) is 0 Å². The van der Waals surface area contributed by atoms with Crippen molar-refractivity contribution < 1.29 is 18.7 Å². The number of halogens is 1. The molecule has 0 atom stereocenters. The highest BCUT2D eigenvalue weighted by atomic mass is 32.2. The van der Waals surface area contributed by atoms with Gasteiger partial charge in [-0.05, 0) is 29.5 Å². The number of carbonyl (C=O) groups is 2. The van der Waals surface area contributed by atoms with E-state index in [2.05, 4.69) is 25.8 Å². The molecule has 9 nitrogen and oxygen atoms in total. The fourth-order valence-corrected chi connectivity index (χ4v) is 3.34. The standard InChI is InChI=1S/C15H13FN6O3S2/c1-2-25-13(24)10-7-26-14(17-10)18-12(23)8-27-15-19-20-21-22(15)11-6-4-3-5-9(11)16/h3-7H,2,8H2,1H3,(H,17,18,23). The Kier molecular flexibility index (Phi) is 6.08. The maximum absolute atomic E-state index is 13.9. The molecule has 0 radical (unpaired) electrons. The Bertz CT molecular complexity index is 960. The molecule has 3 aromatic rings. The van der Waals surface area contributed by atoms with Crippen LogP contribution in [0, 0.1) is 5.82 Å². The lowest BCUT2D eigenvalue weighted by Gasteiger charge is -2.05. The minimum atomic E-state index is -0.548. The summed E-state index contributed by atoms with van der Waals surface area (Å²) in [7, 11) is 0. The van der Waals surface area contributed by atoms with Crippen molar-refractivity contribution in [3.8, 4) is 5.69 Å². The molecular weight excluding hydrogens is 395 g/mol. The number of para-hydroxylation sites is 1. The lowest BCUT2D eigenvalue weighted by atomic mass is 10.3. The molecule has 0 bridgehead atoms. The topological polar surface area (TPSA) is 112 Å². The first-order chi connectivity index (χ1) is 13.1. The largest absolute Gasteiger partial charge is 0.461 e. The first-order valence-corrected chi connectivity index (χ1v) is 9.53. The Morgan fingerprint density at radius 2 is 2.19 bits per heavy atom. The smallest absolute Gasteiger partial charge is 0.357 e. The van der Waals surface area contributed by atoms with Crippen molar-refractivity contribution in [1.82, 2.24) is 25.2 Å². The summed E-state index contributed by atoms with van der Waals surface area (Å²) in [5.74, 6) is -1.42.